The summed E-state index contributed by atoms with van der Waals surface area (Å²) in [4.78, 5) is 25.4. The summed E-state index contributed by atoms with van der Waals surface area (Å²) in [6.45, 7) is 1.61. The summed E-state index contributed by atoms with van der Waals surface area (Å²) in [5.74, 6) is 0.451. The second kappa shape index (κ2) is 9.23. The van der Waals surface area contributed by atoms with Crippen LogP contribution in [0.2, 0.25) is 0 Å². The van der Waals surface area contributed by atoms with Gasteiger partial charge in [0.1, 0.15) is 0 Å². The van der Waals surface area contributed by atoms with E-state index in [0.29, 0.717) is 44.0 Å². The topological polar surface area (TPSA) is 85.3 Å². The van der Waals surface area contributed by atoms with Crippen molar-refractivity contribution in [3.63, 3.8) is 0 Å². The van der Waals surface area contributed by atoms with Crippen LogP contribution in [0.4, 0.5) is 0 Å². The number of ether oxygens (including phenoxy) is 3. The molecule has 28 heavy (non-hydrogen) atoms. The molecule has 0 radical (unpaired) electrons. The second-order valence-electron chi connectivity index (χ2n) is 6.50. The summed E-state index contributed by atoms with van der Waals surface area (Å²) in [5, 5.41) is 8.96. The van der Waals surface area contributed by atoms with Crippen LogP contribution < -0.4 is 9.47 Å². The molecule has 2 aromatic rings. The van der Waals surface area contributed by atoms with E-state index in [2.05, 4.69) is 0 Å². The van der Waals surface area contributed by atoms with Gasteiger partial charge in [-0.25, -0.2) is 4.79 Å². The molecule has 0 bridgehead atoms. The molecule has 0 saturated carbocycles. The molecule has 0 atom stereocenters. The molecular formula is C21H23NO6. The lowest BCUT2D eigenvalue weighted by Crippen LogP contribution is -2.33. The van der Waals surface area contributed by atoms with Crippen LogP contribution in [-0.4, -0.2) is 48.9 Å². The smallest absolute Gasteiger partial charge is 0.335 e. The quantitative estimate of drug-likeness (QED) is 0.714. The molecule has 0 saturated heterocycles. The minimum Gasteiger partial charge on any atom is -0.478 e. The molecule has 1 heterocycles. The highest BCUT2D eigenvalue weighted by molar-refractivity contribution is 5.87. The van der Waals surface area contributed by atoms with Crippen LogP contribution in [0, 0.1) is 0 Å². The number of aromatic carboxylic acids is 1. The van der Waals surface area contributed by atoms with Crippen LogP contribution in [0.3, 0.4) is 0 Å². The van der Waals surface area contributed by atoms with E-state index in [4.69, 9.17) is 19.3 Å². The predicted octanol–water partition coefficient (Wildman–Crippen LogP) is 2.72. The predicted molar refractivity (Wildman–Crippen MR) is 102 cm³/mol. The number of hydrogen-bond acceptors (Lipinski definition) is 5. The van der Waals surface area contributed by atoms with Crippen molar-refractivity contribution in [2.24, 2.45) is 0 Å². The molecule has 0 aliphatic carbocycles. The number of benzene rings is 2. The van der Waals surface area contributed by atoms with E-state index < -0.39 is 5.97 Å². The third-order valence-electron chi connectivity index (χ3n) is 4.56. The standard InChI is InChI=1S/C21H23NO6/c1-26-11-10-22(13-16-4-8-18-19(12-16)28-14-27-18)20(23)9-5-15-2-6-17(7-3-15)21(24)25/h2-4,6-8,12H,5,9-11,13-14H2,1H3,(H,24,25). The molecule has 1 N–H and O–H groups in total. The maximum Gasteiger partial charge on any atom is 0.335 e. The van der Waals surface area contributed by atoms with Crippen LogP contribution >= 0.6 is 0 Å². The largest absolute Gasteiger partial charge is 0.478 e. The van der Waals surface area contributed by atoms with Crippen molar-refractivity contribution < 1.29 is 28.9 Å². The maximum atomic E-state index is 12.8. The van der Waals surface area contributed by atoms with E-state index in [9.17, 15) is 9.59 Å². The van der Waals surface area contributed by atoms with Gasteiger partial charge in [-0.3, -0.25) is 4.79 Å². The number of fused-ring (bicyclic) bond motifs is 1. The Morgan fingerprint density at radius 3 is 2.50 bits per heavy atom. The Morgan fingerprint density at radius 1 is 1.07 bits per heavy atom. The number of carbonyl (C=O) groups excluding carboxylic acids is 1. The Balaban J connectivity index is 1.61. The zero-order chi connectivity index (χ0) is 19.9. The Hall–Kier alpha value is -3.06. The number of aryl methyl sites for hydroxylation is 1. The van der Waals surface area contributed by atoms with E-state index in [-0.39, 0.29) is 18.3 Å². The van der Waals surface area contributed by atoms with E-state index in [1.165, 1.54) is 0 Å². The Kier molecular flexibility index (Phi) is 6.49. The van der Waals surface area contributed by atoms with Crippen LogP contribution in [0.15, 0.2) is 42.5 Å². The van der Waals surface area contributed by atoms with E-state index in [0.717, 1.165) is 11.1 Å². The summed E-state index contributed by atoms with van der Waals surface area (Å²) in [6.07, 6.45) is 0.879. The van der Waals surface area contributed by atoms with Gasteiger partial charge in [0.2, 0.25) is 12.7 Å². The Labute approximate surface area is 163 Å². The van der Waals surface area contributed by atoms with Crippen molar-refractivity contribution >= 4 is 11.9 Å². The van der Waals surface area contributed by atoms with Crippen molar-refractivity contribution in [1.29, 1.82) is 0 Å². The Morgan fingerprint density at radius 2 is 1.79 bits per heavy atom. The molecule has 0 aromatic heterocycles. The third-order valence-corrected chi connectivity index (χ3v) is 4.56. The number of carboxylic acid groups (broad SMARTS) is 1. The Bertz CT molecular complexity index is 833. The zero-order valence-corrected chi connectivity index (χ0v) is 15.7. The first-order valence-electron chi connectivity index (χ1n) is 9.04. The molecule has 7 heteroatoms. The number of nitrogens with zero attached hydrogens (tertiary/aromatic N) is 1. The molecule has 1 aliphatic rings. The van der Waals surface area contributed by atoms with Crippen molar-refractivity contribution in [2.75, 3.05) is 27.1 Å². The first-order chi connectivity index (χ1) is 13.6. The van der Waals surface area contributed by atoms with Gasteiger partial charge in [0.25, 0.3) is 0 Å². The van der Waals surface area contributed by atoms with Gasteiger partial charge in [0.15, 0.2) is 11.5 Å². The second-order valence-corrected chi connectivity index (χ2v) is 6.50. The molecule has 7 nitrogen and oxygen atoms in total. The lowest BCUT2D eigenvalue weighted by molar-refractivity contribution is -0.132. The van der Waals surface area contributed by atoms with Crippen LogP contribution in [-0.2, 0) is 22.5 Å². The average Bonchev–Trinajstić information content (AvgIpc) is 3.17. The molecule has 1 aliphatic heterocycles. The fourth-order valence-electron chi connectivity index (χ4n) is 2.98. The summed E-state index contributed by atoms with van der Waals surface area (Å²) in [5.41, 5.74) is 2.12. The van der Waals surface area contributed by atoms with Crippen molar-refractivity contribution in [3.05, 3.63) is 59.2 Å². The van der Waals surface area contributed by atoms with E-state index in [1.807, 2.05) is 18.2 Å². The first kappa shape index (κ1) is 19.7. The molecule has 0 fully saturated rings. The minimum atomic E-state index is -0.961. The highest BCUT2D eigenvalue weighted by Gasteiger charge is 2.17. The fraction of sp³-hybridized carbons (Fsp3) is 0.333. The van der Waals surface area contributed by atoms with Gasteiger partial charge in [-0.05, 0) is 41.8 Å². The summed E-state index contributed by atoms with van der Waals surface area (Å²) < 4.78 is 15.9. The van der Waals surface area contributed by atoms with Gasteiger partial charge in [0.05, 0.1) is 12.2 Å². The van der Waals surface area contributed by atoms with Crippen molar-refractivity contribution in [1.82, 2.24) is 4.90 Å². The highest BCUT2D eigenvalue weighted by atomic mass is 16.7. The lowest BCUT2D eigenvalue weighted by Gasteiger charge is -2.23. The zero-order valence-electron chi connectivity index (χ0n) is 15.7. The molecular weight excluding hydrogens is 362 g/mol. The number of rotatable bonds is 9. The summed E-state index contributed by atoms with van der Waals surface area (Å²) in [7, 11) is 1.60. The summed E-state index contributed by atoms with van der Waals surface area (Å²) in [6, 6.07) is 12.3. The van der Waals surface area contributed by atoms with Gasteiger partial charge in [-0.1, -0.05) is 18.2 Å². The SMILES string of the molecule is COCCN(Cc1ccc2c(c1)OCO2)C(=O)CCc1ccc(C(=O)O)cc1. The number of hydrogen-bond donors (Lipinski definition) is 1. The molecule has 0 spiro atoms. The van der Waals surface area contributed by atoms with E-state index in [1.54, 1.807) is 36.3 Å². The highest BCUT2D eigenvalue weighted by Crippen LogP contribution is 2.32. The molecule has 1 amide bonds. The summed E-state index contributed by atoms with van der Waals surface area (Å²) >= 11 is 0. The van der Waals surface area contributed by atoms with Gasteiger partial charge < -0.3 is 24.2 Å². The number of carbonyl (C=O) groups is 2. The average molecular weight is 385 g/mol. The van der Waals surface area contributed by atoms with Crippen molar-refractivity contribution in [2.45, 2.75) is 19.4 Å². The third kappa shape index (κ3) is 5.01. The van der Waals surface area contributed by atoms with Crippen LogP contribution in [0.1, 0.15) is 27.9 Å². The number of amides is 1. The maximum absolute atomic E-state index is 12.8. The molecule has 2 aromatic carbocycles. The first-order valence-corrected chi connectivity index (χ1v) is 9.04. The monoisotopic (exact) mass is 385 g/mol. The molecule has 0 unspecified atom stereocenters. The van der Waals surface area contributed by atoms with Gasteiger partial charge >= 0.3 is 5.97 Å². The fourth-order valence-corrected chi connectivity index (χ4v) is 2.98. The van der Waals surface area contributed by atoms with Crippen molar-refractivity contribution in [3.8, 4) is 11.5 Å². The van der Waals surface area contributed by atoms with Crippen LogP contribution in [0.5, 0.6) is 11.5 Å². The molecule has 3 rings (SSSR count). The number of methoxy groups -OCH3 is 1. The van der Waals surface area contributed by atoms with Gasteiger partial charge in [-0.2, -0.15) is 0 Å². The molecule has 148 valence electrons. The number of carboxylic acids is 1. The normalized spacial score (nSPS) is 12.0. The van der Waals surface area contributed by atoms with Gasteiger partial charge in [-0.15, -0.1) is 0 Å². The van der Waals surface area contributed by atoms with Gasteiger partial charge in [0, 0.05) is 26.6 Å². The van der Waals surface area contributed by atoms with Crippen LogP contribution in [0.25, 0.3) is 0 Å². The minimum absolute atomic E-state index is 0.0111. The van der Waals surface area contributed by atoms with E-state index >= 15 is 0 Å². The lowest BCUT2D eigenvalue weighted by atomic mass is 10.1.